The zero-order valence-corrected chi connectivity index (χ0v) is 14.3. The molecule has 0 amide bonds. The molecule has 0 aromatic carbocycles. The lowest BCUT2D eigenvalue weighted by molar-refractivity contribution is -0.115. The number of nitrogens with zero attached hydrogens (tertiary/aromatic N) is 2. The van der Waals surface area contributed by atoms with Crippen molar-refractivity contribution in [3.05, 3.63) is 47.4 Å². The van der Waals surface area contributed by atoms with Crippen molar-refractivity contribution in [2.75, 3.05) is 19.8 Å². The number of ketones is 1. The lowest BCUT2D eigenvalue weighted by atomic mass is 10.0. The number of carbonyl (C=O) groups excluding carboxylic acids is 1. The van der Waals surface area contributed by atoms with Crippen LogP contribution in [0.2, 0.25) is 0 Å². The Morgan fingerprint density at radius 3 is 2.50 bits per heavy atom. The van der Waals surface area contributed by atoms with Gasteiger partial charge in [-0.1, -0.05) is 19.8 Å². The van der Waals surface area contributed by atoms with E-state index in [2.05, 4.69) is 17.2 Å². The molecule has 0 aromatic rings. The zero-order valence-electron chi connectivity index (χ0n) is 14.3. The predicted octanol–water partition coefficient (Wildman–Crippen LogP) is 4.18. The Bertz CT molecular complexity index is 600. The molecule has 2 heterocycles. The minimum atomic E-state index is 0.120. The summed E-state index contributed by atoms with van der Waals surface area (Å²) in [6, 6.07) is 0. The molecule has 0 bridgehead atoms. The third-order valence-corrected chi connectivity index (χ3v) is 3.48. The molecule has 130 valence electrons. The highest BCUT2D eigenvalue weighted by molar-refractivity contribution is 5.98. The average Bonchev–Trinajstić information content (AvgIpc) is 2.61. The summed E-state index contributed by atoms with van der Waals surface area (Å²) in [5.74, 6) is 1.50. The van der Waals surface area contributed by atoms with Crippen molar-refractivity contribution in [2.45, 2.75) is 39.5 Å². The Morgan fingerprint density at radius 2 is 1.79 bits per heavy atom. The lowest BCUT2D eigenvalue weighted by Crippen LogP contribution is -2.07. The van der Waals surface area contributed by atoms with Gasteiger partial charge in [0.1, 0.15) is 19.0 Å². The standard InChI is InChI=1S/C18H24N2O4/c1-3-5-6-7-16(21)14-8-10-23-17(12-14)19-20-18-13-15(22-4-2)9-11-24-18/h8-9,12-13H,3-7,10-11H2,1-2H3. The molecular weight excluding hydrogens is 308 g/mol. The fourth-order valence-corrected chi connectivity index (χ4v) is 2.24. The number of allylic oxidation sites excluding steroid dienone is 3. The highest BCUT2D eigenvalue weighted by Crippen LogP contribution is 2.19. The van der Waals surface area contributed by atoms with E-state index in [1.54, 1.807) is 18.2 Å². The minimum absolute atomic E-state index is 0.120. The van der Waals surface area contributed by atoms with Gasteiger partial charge in [0.2, 0.25) is 11.8 Å². The van der Waals surface area contributed by atoms with E-state index in [4.69, 9.17) is 14.2 Å². The van der Waals surface area contributed by atoms with Crippen LogP contribution in [0, 0.1) is 0 Å². The first-order valence-corrected chi connectivity index (χ1v) is 8.40. The predicted molar refractivity (Wildman–Crippen MR) is 89.9 cm³/mol. The van der Waals surface area contributed by atoms with Crippen LogP contribution >= 0.6 is 0 Å². The molecule has 6 heteroatoms. The second kappa shape index (κ2) is 9.70. The zero-order chi connectivity index (χ0) is 17.2. The summed E-state index contributed by atoms with van der Waals surface area (Å²) in [5, 5.41) is 8.05. The monoisotopic (exact) mass is 332 g/mol. The topological polar surface area (TPSA) is 69.5 Å². The molecule has 6 nitrogen and oxygen atoms in total. The van der Waals surface area contributed by atoms with Crippen molar-refractivity contribution in [1.82, 2.24) is 0 Å². The Morgan fingerprint density at radius 1 is 1.08 bits per heavy atom. The third kappa shape index (κ3) is 5.68. The number of ether oxygens (including phenoxy) is 3. The van der Waals surface area contributed by atoms with E-state index < -0.39 is 0 Å². The van der Waals surface area contributed by atoms with Gasteiger partial charge in [-0.15, -0.1) is 10.2 Å². The first-order chi connectivity index (χ1) is 11.7. The second-order valence-electron chi connectivity index (χ2n) is 5.37. The van der Waals surface area contributed by atoms with Gasteiger partial charge in [0, 0.05) is 24.1 Å². The van der Waals surface area contributed by atoms with Crippen molar-refractivity contribution in [3.8, 4) is 0 Å². The quantitative estimate of drug-likeness (QED) is 0.469. The molecule has 24 heavy (non-hydrogen) atoms. The summed E-state index contributed by atoms with van der Waals surface area (Å²) in [4.78, 5) is 12.1. The van der Waals surface area contributed by atoms with Crippen LogP contribution in [0.25, 0.3) is 0 Å². The maximum Gasteiger partial charge on any atom is 0.237 e. The SMILES string of the molecule is CCCCCC(=O)C1=CCOC(N=NC2=CC(OCC)=CCO2)=C1. The van der Waals surface area contributed by atoms with Crippen LogP contribution in [0.3, 0.4) is 0 Å². The van der Waals surface area contributed by atoms with Crippen molar-refractivity contribution < 1.29 is 19.0 Å². The van der Waals surface area contributed by atoms with Crippen LogP contribution in [0.15, 0.2) is 57.6 Å². The van der Waals surface area contributed by atoms with E-state index >= 15 is 0 Å². The van der Waals surface area contributed by atoms with Crippen LogP contribution in [-0.2, 0) is 19.0 Å². The van der Waals surface area contributed by atoms with Crippen molar-refractivity contribution in [3.63, 3.8) is 0 Å². The summed E-state index contributed by atoms with van der Waals surface area (Å²) in [7, 11) is 0. The summed E-state index contributed by atoms with van der Waals surface area (Å²) in [6.07, 6.45) is 10.5. The second-order valence-corrected chi connectivity index (χ2v) is 5.37. The minimum Gasteiger partial charge on any atom is -0.494 e. The maximum atomic E-state index is 12.1. The molecule has 0 unspecified atom stereocenters. The first-order valence-electron chi connectivity index (χ1n) is 8.40. The van der Waals surface area contributed by atoms with Crippen LogP contribution < -0.4 is 0 Å². The summed E-state index contributed by atoms with van der Waals surface area (Å²) in [5.41, 5.74) is 0.639. The van der Waals surface area contributed by atoms with Gasteiger partial charge >= 0.3 is 0 Å². The molecular formula is C18H24N2O4. The van der Waals surface area contributed by atoms with E-state index in [0.717, 1.165) is 19.3 Å². The molecule has 2 aliphatic heterocycles. The van der Waals surface area contributed by atoms with Crippen LogP contribution in [0.5, 0.6) is 0 Å². The number of hydrogen-bond donors (Lipinski definition) is 0. The Labute approximate surface area is 142 Å². The molecule has 0 fully saturated rings. The molecule has 0 saturated heterocycles. The number of carbonyl (C=O) groups is 1. The van der Waals surface area contributed by atoms with E-state index in [0.29, 0.717) is 49.3 Å². The van der Waals surface area contributed by atoms with Crippen LogP contribution in [0.1, 0.15) is 39.5 Å². The Balaban J connectivity index is 1.95. The number of rotatable bonds is 9. The molecule has 2 aliphatic rings. The number of azo groups is 1. The van der Waals surface area contributed by atoms with Crippen molar-refractivity contribution >= 4 is 5.78 Å². The molecule has 0 aromatic heterocycles. The van der Waals surface area contributed by atoms with Gasteiger partial charge < -0.3 is 14.2 Å². The number of Topliss-reactive ketones (excluding diaryl/α,β-unsaturated/α-hetero) is 1. The van der Waals surface area contributed by atoms with Gasteiger partial charge in [-0.25, -0.2) is 0 Å². The smallest absolute Gasteiger partial charge is 0.237 e. The molecule has 0 atom stereocenters. The van der Waals surface area contributed by atoms with Crippen LogP contribution in [-0.4, -0.2) is 25.6 Å². The van der Waals surface area contributed by atoms with Crippen molar-refractivity contribution in [1.29, 1.82) is 0 Å². The highest BCUT2D eigenvalue weighted by Gasteiger charge is 2.13. The Kier molecular flexibility index (Phi) is 7.26. The van der Waals surface area contributed by atoms with E-state index in [1.807, 2.05) is 13.0 Å². The van der Waals surface area contributed by atoms with Crippen molar-refractivity contribution in [2.24, 2.45) is 10.2 Å². The molecule has 0 saturated carbocycles. The summed E-state index contributed by atoms with van der Waals surface area (Å²) in [6.45, 7) is 5.32. The van der Waals surface area contributed by atoms with Crippen LogP contribution in [0.4, 0.5) is 0 Å². The highest BCUT2D eigenvalue weighted by atomic mass is 16.5. The van der Waals surface area contributed by atoms with Gasteiger partial charge in [0.15, 0.2) is 5.78 Å². The van der Waals surface area contributed by atoms with Gasteiger partial charge in [0.25, 0.3) is 0 Å². The van der Waals surface area contributed by atoms with E-state index in [-0.39, 0.29) is 5.78 Å². The van der Waals surface area contributed by atoms with Gasteiger partial charge in [-0.05, 0) is 25.5 Å². The molecule has 0 radical (unpaired) electrons. The fraction of sp³-hybridized carbons (Fsp3) is 0.500. The van der Waals surface area contributed by atoms with E-state index in [1.165, 1.54) is 0 Å². The molecule has 0 aliphatic carbocycles. The Hall–Kier alpha value is -2.37. The molecule has 2 rings (SSSR count). The molecule has 0 N–H and O–H groups in total. The van der Waals surface area contributed by atoms with Gasteiger partial charge in [-0.2, -0.15) is 0 Å². The normalized spacial score (nSPS) is 17.2. The van der Waals surface area contributed by atoms with Gasteiger partial charge in [0.05, 0.1) is 6.61 Å². The van der Waals surface area contributed by atoms with Gasteiger partial charge in [-0.3, -0.25) is 4.79 Å². The average molecular weight is 332 g/mol. The first kappa shape index (κ1) is 18.0. The maximum absolute atomic E-state index is 12.1. The summed E-state index contributed by atoms with van der Waals surface area (Å²) >= 11 is 0. The third-order valence-electron chi connectivity index (χ3n) is 3.48. The fourth-order valence-electron chi connectivity index (χ4n) is 2.24. The largest absolute Gasteiger partial charge is 0.494 e. The number of unbranched alkanes of at least 4 members (excludes halogenated alkanes) is 2. The number of hydrogen-bond acceptors (Lipinski definition) is 6. The summed E-state index contributed by atoms with van der Waals surface area (Å²) < 4.78 is 16.2. The van der Waals surface area contributed by atoms with E-state index in [9.17, 15) is 4.79 Å². The lowest BCUT2D eigenvalue weighted by Gasteiger charge is -2.13. The molecule has 0 spiro atoms.